The molecule has 2 aromatic carbocycles. The van der Waals surface area contributed by atoms with Gasteiger partial charge in [-0.05, 0) is 43.7 Å². The number of Topliss-reactive ketones (excluding diaryl/α,β-unsaturated/α-hetero) is 1. The lowest BCUT2D eigenvalue weighted by Crippen LogP contribution is -2.40. The minimum absolute atomic E-state index is 0.0284. The van der Waals surface area contributed by atoms with E-state index in [0.717, 1.165) is 5.56 Å². The lowest BCUT2D eigenvalue weighted by Gasteiger charge is -2.29. The molecule has 5 nitrogen and oxygen atoms in total. The molecule has 2 aromatic rings. The molecule has 0 aliphatic rings. The summed E-state index contributed by atoms with van der Waals surface area (Å²) in [5, 5.41) is 0.545. The van der Waals surface area contributed by atoms with Gasteiger partial charge in [0.1, 0.15) is 5.60 Å². The van der Waals surface area contributed by atoms with Crippen LogP contribution in [-0.4, -0.2) is 27.9 Å². The summed E-state index contributed by atoms with van der Waals surface area (Å²) in [6, 6.07) is 12.9. The Labute approximate surface area is 153 Å². The van der Waals surface area contributed by atoms with Crippen LogP contribution in [0.1, 0.15) is 29.8 Å². The Bertz CT molecular complexity index is 865. The SMILES string of the molecule is CO[C@@](C)(CNS(=O)(=O)c1ccc(C(C)=O)cc1)c1cccc(Cl)c1. The topological polar surface area (TPSA) is 72.5 Å². The normalized spacial score (nSPS) is 14.1. The van der Waals surface area contributed by atoms with Gasteiger partial charge in [0.2, 0.25) is 10.0 Å². The van der Waals surface area contributed by atoms with Gasteiger partial charge in [-0.15, -0.1) is 0 Å². The average Bonchev–Trinajstić information content (AvgIpc) is 2.60. The molecule has 0 radical (unpaired) electrons. The van der Waals surface area contributed by atoms with Crippen molar-refractivity contribution >= 4 is 27.4 Å². The number of carbonyl (C=O) groups is 1. The number of sulfonamides is 1. The van der Waals surface area contributed by atoms with Crippen LogP contribution in [0.2, 0.25) is 5.02 Å². The third-order valence-electron chi connectivity index (χ3n) is 4.06. The van der Waals surface area contributed by atoms with Gasteiger partial charge in [0, 0.05) is 24.2 Å². The van der Waals surface area contributed by atoms with Gasteiger partial charge in [-0.3, -0.25) is 4.79 Å². The molecule has 0 saturated heterocycles. The first-order chi connectivity index (χ1) is 11.7. The zero-order valence-corrected chi connectivity index (χ0v) is 15.8. The van der Waals surface area contributed by atoms with Gasteiger partial charge in [-0.1, -0.05) is 35.9 Å². The molecule has 25 heavy (non-hydrogen) atoms. The fourth-order valence-corrected chi connectivity index (χ4v) is 3.61. The first-order valence-electron chi connectivity index (χ1n) is 7.60. The highest BCUT2D eigenvalue weighted by atomic mass is 35.5. The fourth-order valence-electron chi connectivity index (χ4n) is 2.29. The predicted octanol–water partition coefficient (Wildman–Crippen LogP) is 3.38. The van der Waals surface area contributed by atoms with Crippen molar-refractivity contribution in [3.05, 3.63) is 64.7 Å². The first kappa shape index (κ1) is 19.6. The summed E-state index contributed by atoms with van der Waals surface area (Å²) in [5.41, 5.74) is 0.342. The van der Waals surface area contributed by atoms with E-state index in [4.69, 9.17) is 16.3 Å². The van der Waals surface area contributed by atoms with Crippen LogP contribution in [-0.2, 0) is 20.4 Å². The Balaban J connectivity index is 2.20. The number of carbonyl (C=O) groups excluding carboxylic acids is 1. The third kappa shape index (κ3) is 4.67. The molecule has 0 amide bonds. The van der Waals surface area contributed by atoms with Crippen LogP contribution < -0.4 is 4.72 Å². The number of nitrogens with one attached hydrogen (secondary N) is 1. The van der Waals surface area contributed by atoms with E-state index in [-0.39, 0.29) is 17.2 Å². The van der Waals surface area contributed by atoms with Crippen molar-refractivity contribution in [3.63, 3.8) is 0 Å². The molecule has 0 fully saturated rings. The van der Waals surface area contributed by atoms with E-state index >= 15 is 0 Å². The summed E-state index contributed by atoms with van der Waals surface area (Å²) >= 11 is 6.01. The maximum absolute atomic E-state index is 12.5. The highest BCUT2D eigenvalue weighted by molar-refractivity contribution is 7.89. The summed E-state index contributed by atoms with van der Waals surface area (Å²) in [4.78, 5) is 11.4. The highest BCUT2D eigenvalue weighted by Crippen LogP contribution is 2.26. The summed E-state index contributed by atoms with van der Waals surface area (Å²) in [6.07, 6.45) is 0. The summed E-state index contributed by atoms with van der Waals surface area (Å²) in [5.74, 6) is -0.121. The minimum Gasteiger partial charge on any atom is -0.372 e. The molecule has 0 aromatic heterocycles. The molecule has 0 saturated carbocycles. The number of hydrogen-bond donors (Lipinski definition) is 1. The molecule has 0 aliphatic heterocycles. The minimum atomic E-state index is -3.74. The van der Waals surface area contributed by atoms with Crippen LogP contribution in [0.3, 0.4) is 0 Å². The van der Waals surface area contributed by atoms with Crippen molar-refractivity contribution in [2.24, 2.45) is 0 Å². The van der Waals surface area contributed by atoms with E-state index in [0.29, 0.717) is 10.6 Å². The maximum Gasteiger partial charge on any atom is 0.240 e. The van der Waals surface area contributed by atoms with Crippen molar-refractivity contribution < 1.29 is 17.9 Å². The van der Waals surface area contributed by atoms with Crippen molar-refractivity contribution in [2.45, 2.75) is 24.3 Å². The lowest BCUT2D eigenvalue weighted by atomic mass is 9.96. The number of benzene rings is 2. The van der Waals surface area contributed by atoms with Gasteiger partial charge in [-0.25, -0.2) is 13.1 Å². The molecule has 0 heterocycles. The van der Waals surface area contributed by atoms with Crippen molar-refractivity contribution in [1.82, 2.24) is 4.72 Å². The molecule has 134 valence electrons. The Morgan fingerprint density at radius 1 is 1.20 bits per heavy atom. The second-order valence-corrected chi connectivity index (χ2v) is 8.05. The van der Waals surface area contributed by atoms with Crippen LogP contribution >= 0.6 is 11.6 Å². The molecule has 7 heteroatoms. The highest BCUT2D eigenvalue weighted by Gasteiger charge is 2.29. The standard InChI is InChI=1S/C18H20ClNO4S/c1-13(21)14-7-9-17(10-8-14)25(22,23)20-12-18(2,24-3)15-5-4-6-16(19)11-15/h4-11,20H,12H2,1-3H3/t18-/m0/s1. The number of halogens is 1. The van der Waals surface area contributed by atoms with Gasteiger partial charge in [-0.2, -0.15) is 0 Å². The monoisotopic (exact) mass is 381 g/mol. The second kappa shape index (κ2) is 7.66. The molecule has 2 rings (SSSR count). The molecular weight excluding hydrogens is 362 g/mol. The molecule has 0 unspecified atom stereocenters. The van der Waals surface area contributed by atoms with Crippen molar-refractivity contribution in [1.29, 1.82) is 0 Å². The number of rotatable bonds is 7. The fraction of sp³-hybridized carbons (Fsp3) is 0.278. The van der Waals surface area contributed by atoms with E-state index in [1.54, 1.807) is 25.1 Å². The summed E-state index contributed by atoms with van der Waals surface area (Å²) in [7, 11) is -2.23. The van der Waals surface area contributed by atoms with E-state index < -0.39 is 15.6 Å². The van der Waals surface area contributed by atoms with E-state index in [9.17, 15) is 13.2 Å². The molecule has 1 N–H and O–H groups in total. The van der Waals surface area contributed by atoms with Crippen LogP contribution in [0.25, 0.3) is 0 Å². The molecule has 1 atom stereocenters. The van der Waals surface area contributed by atoms with E-state index in [1.165, 1.54) is 38.3 Å². The predicted molar refractivity (Wildman–Crippen MR) is 97.4 cm³/mol. The first-order valence-corrected chi connectivity index (χ1v) is 9.46. The van der Waals surface area contributed by atoms with Gasteiger partial charge in [0.15, 0.2) is 5.78 Å². The number of methoxy groups -OCH3 is 1. The lowest BCUT2D eigenvalue weighted by molar-refractivity contribution is 0.00699. The largest absolute Gasteiger partial charge is 0.372 e. The number of hydrogen-bond acceptors (Lipinski definition) is 4. The van der Waals surface area contributed by atoms with Crippen LogP contribution in [0.15, 0.2) is 53.4 Å². The maximum atomic E-state index is 12.5. The molecular formula is C18H20ClNO4S. The smallest absolute Gasteiger partial charge is 0.240 e. The van der Waals surface area contributed by atoms with Crippen molar-refractivity contribution in [2.75, 3.05) is 13.7 Å². The zero-order chi connectivity index (χ0) is 18.7. The molecule has 0 bridgehead atoms. The van der Waals surface area contributed by atoms with Gasteiger partial charge in [0.25, 0.3) is 0 Å². The van der Waals surface area contributed by atoms with E-state index in [2.05, 4.69) is 4.72 Å². The van der Waals surface area contributed by atoms with Gasteiger partial charge >= 0.3 is 0 Å². The number of ether oxygens (including phenoxy) is 1. The van der Waals surface area contributed by atoms with E-state index in [1.807, 2.05) is 6.07 Å². The Morgan fingerprint density at radius 3 is 2.36 bits per heavy atom. The average molecular weight is 382 g/mol. The zero-order valence-electron chi connectivity index (χ0n) is 14.2. The van der Waals surface area contributed by atoms with Crippen LogP contribution in [0, 0.1) is 0 Å². The van der Waals surface area contributed by atoms with Gasteiger partial charge < -0.3 is 4.74 Å². The van der Waals surface area contributed by atoms with Crippen LogP contribution in [0.4, 0.5) is 0 Å². The molecule has 0 spiro atoms. The third-order valence-corrected chi connectivity index (χ3v) is 5.71. The number of ketones is 1. The Morgan fingerprint density at radius 2 is 1.84 bits per heavy atom. The summed E-state index contributed by atoms with van der Waals surface area (Å²) in [6.45, 7) is 3.23. The van der Waals surface area contributed by atoms with Crippen LogP contribution in [0.5, 0.6) is 0 Å². The second-order valence-electron chi connectivity index (χ2n) is 5.85. The quantitative estimate of drug-likeness (QED) is 0.746. The van der Waals surface area contributed by atoms with Crippen molar-refractivity contribution in [3.8, 4) is 0 Å². The Hall–Kier alpha value is -1.73. The summed E-state index contributed by atoms with van der Waals surface area (Å²) < 4.78 is 33.1. The Kier molecular flexibility index (Phi) is 6.00. The van der Waals surface area contributed by atoms with Gasteiger partial charge in [0.05, 0.1) is 4.90 Å². The molecule has 0 aliphatic carbocycles.